The molecular weight excluding hydrogens is 244 g/mol. The van der Waals surface area contributed by atoms with Crippen LogP contribution in [0.3, 0.4) is 0 Å². The number of nitrogens with zero attached hydrogens (tertiary/aromatic N) is 1. The first-order valence-corrected chi connectivity index (χ1v) is 6.90. The lowest BCUT2D eigenvalue weighted by molar-refractivity contribution is 0.699. The molecule has 2 N–H and O–H groups in total. The Hall–Kier alpha value is -2.19. The van der Waals surface area contributed by atoms with E-state index in [1.165, 1.54) is 16.5 Å². The van der Waals surface area contributed by atoms with Crippen molar-refractivity contribution in [2.24, 2.45) is 5.73 Å². The molecule has 0 saturated carbocycles. The molecule has 1 aromatic heterocycles. The van der Waals surface area contributed by atoms with Crippen molar-refractivity contribution in [3.63, 3.8) is 0 Å². The van der Waals surface area contributed by atoms with E-state index in [0.717, 1.165) is 17.6 Å². The number of para-hydroxylation sites is 1. The van der Waals surface area contributed by atoms with Crippen LogP contribution >= 0.6 is 0 Å². The summed E-state index contributed by atoms with van der Waals surface area (Å²) in [5, 5.41) is 1.20. The van der Waals surface area contributed by atoms with Gasteiger partial charge < -0.3 is 5.73 Å². The molecule has 100 valence electrons. The van der Waals surface area contributed by atoms with Gasteiger partial charge >= 0.3 is 0 Å². The maximum atomic E-state index is 6.32. The topological polar surface area (TPSA) is 38.9 Å². The summed E-state index contributed by atoms with van der Waals surface area (Å²) in [6, 6.07) is 20.6. The van der Waals surface area contributed by atoms with Crippen molar-refractivity contribution in [1.82, 2.24) is 4.98 Å². The number of hydrogen-bond acceptors (Lipinski definition) is 2. The van der Waals surface area contributed by atoms with Gasteiger partial charge in [-0.05, 0) is 36.6 Å². The van der Waals surface area contributed by atoms with Crippen LogP contribution in [0.4, 0.5) is 0 Å². The SMILES string of the molecule is Cc1cc([C@@H](N)Cc2ccccc2)nc2ccccc12. The molecule has 3 rings (SSSR count). The van der Waals surface area contributed by atoms with Crippen LogP contribution in [0.2, 0.25) is 0 Å². The van der Waals surface area contributed by atoms with Gasteiger partial charge in [-0.2, -0.15) is 0 Å². The molecule has 0 aliphatic heterocycles. The van der Waals surface area contributed by atoms with E-state index in [2.05, 4.69) is 31.2 Å². The van der Waals surface area contributed by atoms with E-state index < -0.39 is 0 Å². The lowest BCUT2D eigenvalue weighted by Gasteiger charge is -2.13. The minimum atomic E-state index is -0.0688. The van der Waals surface area contributed by atoms with Crippen LogP contribution in [0, 0.1) is 6.92 Å². The van der Waals surface area contributed by atoms with Gasteiger partial charge in [0, 0.05) is 5.39 Å². The fourth-order valence-corrected chi connectivity index (χ4v) is 2.54. The molecule has 0 spiro atoms. The Morgan fingerprint density at radius 1 is 1.00 bits per heavy atom. The number of aromatic nitrogens is 1. The summed E-state index contributed by atoms with van der Waals surface area (Å²) in [5.41, 5.74) is 10.8. The predicted octanol–water partition coefficient (Wildman–Crippen LogP) is 3.79. The van der Waals surface area contributed by atoms with Crippen LogP contribution in [0.25, 0.3) is 10.9 Å². The molecule has 0 saturated heterocycles. The Kier molecular flexibility index (Phi) is 3.48. The fourth-order valence-electron chi connectivity index (χ4n) is 2.54. The summed E-state index contributed by atoms with van der Waals surface area (Å²) in [6.45, 7) is 2.11. The first kappa shape index (κ1) is 12.8. The standard InChI is InChI=1S/C18H18N2/c1-13-11-18(20-17-10-6-5-9-15(13)17)16(19)12-14-7-3-2-4-8-14/h2-11,16H,12,19H2,1H3/t16-/m0/s1. The monoisotopic (exact) mass is 262 g/mol. The summed E-state index contributed by atoms with van der Waals surface area (Å²) >= 11 is 0. The van der Waals surface area contributed by atoms with Gasteiger partial charge in [0.25, 0.3) is 0 Å². The zero-order valence-electron chi connectivity index (χ0n) is 11.6. The number of hydrogen-bond donors (Lipinski definition) is 1. The van der Waals surface area contributed by atoms with E-state index >= 15 is 0 Å². The van der Waals surface area contributed by atoms with Crippen LogP contribution < -0.4 is 5.73 Å². The highest BCUT2D eigenvalue weighted by Gasteiger charge is 2.10. The van der Waals surface area contributed by atoms with Crippen LogP contribution in [0.15, 0.2) is 60.7 Å². The van der Waals surface area contributed by atoms with Gasteiger partial charge in [0.2, 0.25) is 0 Å². The lowest BCUT2D eigenvalue weighted by atomic mass is 10.0. The van der Waals surface area contributed by atoms with Crippen molar-refractivity contribution >= 4 is 10.9 Å². The molecule has 2 heteroatoms. The molecule has 0 aliphatic carbocycles. The maximum Gasteiger partial charge on any atom is 0.0708 e. The third kappa shape index (κ3) is 2.56. The summed E-state index contributed by atoms with van der Waals surface area (Å²) in [6.07, 6.45) is 0.811. The van der Waals surface area contributed by atoms with Gasteiger partial charge in [-0.25, -0.2) is 0 Å². The van der Waals surface area contributed by atoms with Crippen molar-refractivity contribution < 1.29 is 0 Å². The van der Waals surface area contributed by atoms with Crippen LogP contribution in [-0.2, 0) is 6.42 Å². The van der Waals surface area contributed by atoms with Gasteiger partial charge in [0.15, 0.2) is 0 Å². The highest BCUT2D eigenvalue weighted by molar-refractivity contribution is 5.82. The van der Waals surface area contributed by atoms with Crippen molar-refractivity contribution in [2.75, 3.05) is 0 Å². The number of nitrogens with two attached hydrogens (primary N) is 1. The first-order chi connectivity index (χ1) is 9.74. The fraction of sp³-hybridized carbons (Fsp3) is 0.167. The predicted molar refractivity (Wildman–Crippen MR) is 83.6 cm³/mol. The number of pyridine rings is 1. The van der Waals surface area contributed by atoms with Crippen LogP contribution in [0.1, 0.15) is 22.9 Å². The van der Waals surface area contributed by atoms with E-state index in [1.807, 2.05) is 36.4 Å². The first-order valence-electron chi connectivity index (χ1n) is 6.90. The zero-order chi connectivity index (χ0) is 13.9. The highest BCUT2D eigenvalue weighted by Crippen LogP contribution is 2.21. The smallest absolute Gasteiger partial charge is 0.0708 e. The number of fused-ring (bicyclic) bond motifs is 1. The Labute approximate surface area is 119 Å². The molecule has 3 aromatic rings. The van der Waals surface area contributed by atoms with Crippen LogP contribution in [0.5, 0.6) is 0 Å². The largest absolute Gasteiger partial charge is 0.322 e. The second-order valence-corrected chi connectivity index (χ2v) is 5.18. The Bertz CT molecular complexity index is 720. The molecule has 0 unspecified atom stereocenters. The second-order valence-electron chi connectivity index (χ2n) is 5.18. The minimum absolute atomic E-state index is 0.0688. The molecule has 1 heterocycles. The zero-order valence-corrected chi connectivity index (χ0v) is 11.6. The molecule has 20 heavy (non-hydrogen) atoms. The Balaban J connectivity index is 1.93. The normalized spacial score (nSPS) is 12.5. The van der Waals surface area contributed by atoms with E-state index in [0.29, 0.717) is 0 Å². The second kappa shape index (κ2) is 5.43. The van der Waals surface area contributed by atoms with E-state index in [-0.39, 0.29) is 6.04 Å². The average Bonchev–Trinajstić information content (AvgIpc) is 2.48. The average molecular weight is 262 g/mol. The van der Waals surface area contributed by atoms with E-state index in [4.69, 9.17) is 10.7 Å². The van der Waals surface area contributed by atoms with Gasteiger partial charge in [-0.1, -0.05) is 48.5 Å². The summed E-state index contributed by atoms with van der Waals surface area (Å²) in [7, 11) is 0. The quantitative estimate of drug-likeness (QED) is 0.780. The molecular formula is C18H18N2. The number of rotatable bonds is 3. The third-order valence-corrected chi connectivity index (χ3v) is 3.62. The van der Waals surface area contributed by atoms with Crippen LogP contribution in [-0.4, -0.2) is 4.98 Å². The Morgan fingerprint density at radius 3 is 2.50 bits per heavy atom. The molecule has 0 radical (unpaired) electrons. The lowest BCUT2D eigenvalue weighted by Crippen LogP contribution is -2.15. The van der Waals surface area contributed by atoms with Gasteiger partial charge in [0.1, 0.15) is 0 Å². The number of aryl methyl sites for hydroxylation is 1. The molecule has 2 aromatic carbocycles. The van der Waals surface area contributed by atoms with E-state index in [9.17, 15) is 0 Å². The van der Waals surface area contributed by atoms with Crippen molar-refractivity contribution in [3.8, 4) is 0 Å². The summed E-state index contributed by atoms with van der Waals surface area (Å²) < 4.78 is 0. The highest BCUT2D eigenvalue weighted by atomic mass is 14.8. The third-order valence-electron chi connectivity index (χ3n) is 3.62. The molecule has 0 fully saturated rings. The molecule has 2 nitrogen and oxygen atoms in total. The molecule has 0 amide bonds. The minimum Gasteiger partial charge on any atom is -0.322 e. The van der Waals surface area contributed by atoms with Gasteiger partial charge in [-0.3, -0.25) is 4.98 Å². The Morgan fingerprint density at radius 2 is 1.70 bits per heavy atom. The van der Waals surface area contributed by atoms with Crippen molar-refractivity contribution in [1.29, 1.82) is 0 Å². The van der Waals surface area contributed by atoms with Crippen molar-refractivity contribution in [3.05, 3.63) is 77.5 Å². The van der Waals surface area contributed by atoms with E-state index in [1.54, 1.807) is 0 Å². The summed E-state index contributed by atoms with van der Waals surface area (Å²) in [5.74, 6) is 0. The van der Waals surface area contributed by atoms with Crippen molar-refractivity contribution in [2.45, 2.75) is 19.4 Å². The maximum absolute atomic E-state index is 6.32. The molecule has 1 atom stereocenters. The van der Waals surface area contributed by atoms with Gasteiger partial charge in [-0.15, -0.1) is 0 Å². The molecule has 0 bridgehead atoms. The number of benzene rings is 2. The molecule has 0 aliphatic rings. The summed E-state index contributed by atoms with van der Waals surface area (Å²) in [4.78, 5) is 4.71. The van der Waals surface area contributed by atoms with Gasteiger partial charge in [0.05, 0.1) is 17.3 Å².